The lowest BCUT2D eigenvalue weighted by molar-refractivity contribution is -0.145. The van der Waals surface area contributed by atoms with Crippen molar-refractivity contribution in [3.63, 3.8) is 0 Å². The summed E-state index contributed by atoms with van der Waals surface area (Å²) < 4.78 is 4.95. The third-order valence-electron chi connectivity index (χ3n) is 3.04. The average molecular weight is 213 g/mol. The Labute approximate surface area is 90.4 Å². The zero-order valence-corrected chi connectivity index (χ0v) is 9.24. The van der Waals surface area contributed by atoms with E-state index in [-0.39, 0.29) is 5.97 Å². The van der Waals surface area contributed by atoms with Gasteiger partial charge in [0.1, 0.15) is 0 Å². The van der Waals surface area contributed by atoms with E-state index in [2.05, 4.69) is 15.1 Å². The molecule has 2 heterocycles. The fraction of sp³-hybridized carbons (Fsp3) is 0.900. The van der Waals surface area contributed by atoms with Gasteiger partial charge in [-0.15, -0.1) is 0 Å². The summed E-state index contributed by atoms with van der Waals surface area (Å²) in [5, 5.41) is 3.35. The maximum atomic E-state index is 11.3. The molecule has 2 fully saturated rings. The fourth-order valence-electron chi connectivity index (χ4n) is 2.27. The Morgan fingerprint density at radius 3 is 3.20 bits per heavy atom. The first kappa shape index (κ1) is 10.9. The minimum absolute atomic E-state index is 0.100. The van der Waals surface area contributed by atoms with Crippen molar-refractivity contribution >= 4 is 5.97 Å². The van der Waals surface area contributed by atoms with Crippen LogP contribution in [0.3, 0.4) is 0 Å². The van der Waals surface area contributed by atoms with Crippen LogP contribution in [-0.4, -0.2) is 67.8 Å². The van der Waals surface area contributed by atoms with Gasteiger partial charge in [0, 0.05) is 38.9 Å². The van der Waals surface area contributed by atoms with Crippen LogP contribution < -0.4 is 5.32 Å². The summed E-state index contributed by atoms with van der Waals surface area (Å²) in [5.41, 5.74) is 0. The quantitative estimate of drug-likeness (QED) is 0.615. The van der Waals surface area contributed by atoms with Crippen molar-refractivity contribution in [2.75, 3.05) is 46.0 Å². The van der Waals surface area contributed by atoms with Crippen LogP contribution in [0.4, 0.5) is 0 Å². The van der Waals surface area contributed by atoms with Crippen LogP contribution in [-0.2, 0) is 9.53 Å². The van der Waals surface area contributed by atoms with Crippen molar-refractivity contribution in [1.82, 2.24) is 15.1 Å². The third-order valence-corrected chi connectivity index (χ3v) is 3.04. The van der Waals surface area contributed by atoms with Gasteiger partial charge in [-0.2, -0.15) is 0 Å². The lowest BCUT2D eigenvalue weighted by atomic mass is 10.2. The van der Waals surface area contributed by atoms with Crippen LogP contribution in [0.1, 0.15) is 6.92 Å². The maximum Gasteiger partial charge on any atom is 0.320 e. The zero-order chi connectivity index (χ0) is 10.7. The molecular formula is C10H19N3O2. The van der Waals surface area contributed by atoms with Gasteiger partial charge >= 0.3 is 5.97 Å². The van der Waals surface area contributed by atoms with Crippen molar-refractivity contribution in [3.05, 3.63) is 0 Å². The summed E-state index contributed by atoms with van der Waals surface area (Å²) >= 11 is 0. The van der Waals surface area contributed by atoms with Crippen molar-refractivity contribution < 1.29 is 9.53 Å². The molecule has 1 atom stereocenters. The second-order valence-corrected chi connectivity index (χ2v) is 4.12. The van der Waals surface area contributed by atoms with E-state index < -0.39 is 0 Å². The zero-order valence-electron chi connectivity index (χ0n) is 9.24. The first-order valence-corrected chi connectivity index (χ1v) is 5.62. The van der Waals surface area contributed by atoms with Gasteiger partial charge in [-0.3, -0.25) is 14.6 Å². The summed E-state index contributed by atoms with van der Waals surface area (Å²) in [6, 6.07) is 0.577. The number of carbonyl (C=O) groups excluding carboxylic acids is 1. The molecule has 0 bridgehead atoms. The van der Waals surface area contributed by atoms with Gasteiger partial charge in [0.15, 0.2) is 0 Å². The maximum absolute atomic E-state index is 11.3. The van der Waals surface area contributed by atoms with E-state index in [4.69, 9.17) is 4.74 Å². The van der Waals surface area contributed by atoms with E-state index in [9.17, 15) is 4.79 Å². The Morgan fingerprint density at radius 1 is 1.53 bits per heavy atom. The molecule has 0 spiro atoms. The Bertz CT molecular complexity index is 235. The molecular weight excluding hydrogens is 194 g/mol. The molecule has 2 aliphatic rings. The van der Waals surface area contributed by atoms with Crippen molar-refractivity contribution in [1.29, 1.82) is 0 Å². The number of rotatable bonds is 3. The van der Waals surface area contributed by atoms with Gasteiger partial charge in [0.25, 0.3) is 0 Å². The molecule has 5 nitrogen and oxygen atoms in total. The van der Waals surface area contributed by atoms with Crippen molar-refractivity contribution in [2.24, 2.45) is 0 Å². The van der Waals surface area contributed by atoms with Gasteiger partial charge in [-0.05, 0) is 6.92 Å². The summed E-state index contributed by atoms with van der Waals surface area (Å²) in [6.07, 6.45) is 0. The molecule has 0 aromatic heterocycles. The highest BCUT2D eigenvalue weighted by molar-refractivity contribution is 5.71. The van der Waals surface area contributed by atoms with Crippen molar-refractivity contribution in [3.8, 4) is 0 Å². The minimum Gasteiger partial charge on any atom is -0.465 e. The van der Waals surface area contributed by atoms with Gasteiger partial charge in [0.05, 0.1) is 13.2 Å². The molecule has 86 valence electrons. The molecule has 0 aliphatic carbocycles. The van der Waals surface area contributed by atoms with Crippen LogP contribution in [0.15, 0.2) is 0 Å². The fourth-order valence-corrected chi connectivity index (χ4v) is 2.27. The Kier molecular flexibility index (Phi) is 3.56. The molecule has 0 aromatic carbocycles. The van der Waals surface area contributed by atoms with Crippen LogP contribution in [0.2, 0.25) is 0 Å². The lowest BCUT2D eigenvalue weighted by Gasteiger charge is -2.36. The Hall–Kier alpha value is -0.650. The molecule has 0 amide bonds. The highest BCUT2D eigenvalue weighted by atomic mass is 16.5. The smallest absolute Gasteiger partial charge is 0.320 e. The van der Waals surface area contributed by atoms with Crippen LogP contribution in [0.5, 0.6) is 0 Å². The number of nitrogens with zero attached hydrogens (tertiary/aromatic N) is 2. The van der Waals surface area contributed by atoms with Gasteiger partial charge in [-0.25, -0.2) is 0 Å². The number of piperazine rings is 1. The number of hydrogen-bond acceptors (Lipinski definition) is 5. The number of nitrogens with one attached hydrogen (secondary N) is 1. The van der Waals surface area contributed by atoms with Gasteiger partial charge in [-0.1, -0.05) is 0 Å². The summed E-state index contributed by atoms with van der Waals surface area (Å²) in [6.45, 7) is 7.80. The molecule has 0 aromatic rings. The molecule has 0 saturated carbocycles. The Balaban J connectivity index is 1.77. The van der Waals surface area contributed by atoms with Crippen molar-refractivity contribution in [2.45, 2.75) is 13.0 Å². The van der Waals surface area contributed by atoms with Crippen LogP contribution in [0.25, 0.3) is 0 Å². The molecule has 2 saturated heterocycles. The second-order valence-electron chi connectivity index (χ2n) is 4.12. The first-order valence-electron chi connectivity index (χ1n) is 5.62. The predicted octanol–water partition coefficient (Wildman–Crippen LogP) is -0.904. The number of carbonyl (C=O) groups is 1. The van der Waals surface area contributed by atoms with E-state index in [1.54, 1.807) is 0 Å². The van der Waals surface area contributed by atoms with E-state index >= 15 is 0 Å². The average Bonchev–Trinajstić information content (AvgIpc) is 2.65. The van der Waals surface area contributed by atoms with Gasteiger partial charge in [0.2, 0.25) is 0 Å². The molecule has 15 heavy (non-hydrogen) atoms. The third kappa shape index (κ3) is 2.68. The standard InChI is InChI=1S/C10H19N3O2/c1-2-15-10(14)7-12-3-4-13-8-11-5-9(13)6-12/h9,11H,2-8H2,1H3/t9-/m0/s1. The highest BCUT2D eigenvalue weighted by Crippen LogP contribution is 2.11. The normalized spacial score (nSPS) is 27.7. The second kappa shape index (κ2) is 4.92. The number of hydrogen-bond donors (Lipinski definition) is 1. The molecule has 0 radical (unpaired) electrons. The van der Waals surface area contributed by atoms with E-state index in [0.29, 0.717) is 19.2 Å². The highest BCUT2D eigenvalue weighted by Gasteiger charge is 2.30. The molecule has 2 aliphatic heterocycles. The molecule has 0 unspecified atom stereocenters. The summed E-state index contributed by atoms with van der Waals surface area (Å²) in [7, 11) is 0. The monoisotopic (exact) mass is 213 g/mol. The van der Waals surface area contributed by atoms with Crippen LogP contribution in [0, 0.1) is 0 Å². The van der Waals surface area contributed by atoms with E-state index in [1.165, 1.54) is 0 Å². The lowest BCUT2D eigenvalue weighted by Crippen LogP contribution is -2.52. The summed E-state index contributed by atoms with van der Waals surface area (Å²) in [4.78, 5) is 15.9. The summed E-state index contributed by atoms with van der Waals surface area (Å²) in [5.74, 6) is -0.100. The first-order chi connectivity index (χ1) is 7.29. The Morgan fingerprint density at radius 2 is 2.40 bits per heavy atom. The number of esters is 1. The molecule has 2 rings (SSSR count). The minimum atomic E-state index is -0.100. The number of fused-ring (bicyclic) bond motifs is 1. The largest absolute Gasteiger partial charge is 0.465 e. The van der Waals surface area contributed by atoms with Gasteiger partial charge < -0.3 is 10.1 Å². The predicted molar refractivity (Wildman–Crippen MR) is 56.4 cm³/mol. The molecule has 5 heteroatoms. The van der Waals surface area contributed by atoms with E-state index in [0.717, 1.165) is 32.8 Å². The number of ether oxygens (including phenoxy) is 1. The topological polar surface area (TPSA) is 44.8 Å². The van der Waals surface area contributed by atoms with Crippen LogP contribution >= 0.6 is 0 Å². The SMILES string of the molecule is CCOC(=O)CN1CCN2CNC[C@H]2C1. The molecule has 1 N–H and O–H groups in total. The van der Waals surface area contributed by atoms with E-state index in [1.807, 2.05) is 6.92 Å².